The van der Waals surface area contributed by atoms with Crippen LogP contribution < -0.4 is 5.32 Å². The number of rotatable bonds is 3. The van der Waals surface area contributed by atoms with Crippen molar-refractivity contribution in [2.45, 2.75) is 43.9 Å². The maximum Gasteiger partial charge on any atom is 0.246 e. The molecule has 0 radical (unpaired) electrons. The monoisotopic (exact) mass is 389 g/mol. The maximum atomic E-state index is 12.7. The molecule has 0 bridgehead atoms. The van der Waals surface area contributed by atoms with Crippen LogP contribution in [0.15, 0.2) is 24.3 Å². The van der Waals surface area contributed by atoms with E-state index in [-0.39, 0.29) is 29.9 Å². The molecule has 1 aromatic carbocycles. The smallest absolute Gasteiger partial charge is 0.246 e. The third kappa shape index (κ3) is 2.47. The van der Waals surface area contributed by atoms with E-state index in [4.69, 9.17) is 11.6 Å². The number of hydrogen-bond acceptors (Lipinski definition) is 4. The van der Waals surface area contributed by atoms with Gasteiger partial charge >= 0.3 is 0 Å². The Morgan fingerprint density at radius 2 is 1.96 bits per heavy atom. The van der Waals surface area contributed by atoms with E-state index in [2.05, 4.69) is 11.4 Å². The average Bonchev–Trinajstić information content (AvgIpc) is 3.36. The Morgan fingerprint density at radius 1 is 1.15 bits per heavy atom. The zero-order valence-corrected chi connectivity index (χ0v) is 15.9. The highest BCUT2D eigenvalue weighted by molar-refractivity contribution is 7.19. The van der Waals surface area contributed by atoms with Crippen LogP contribution in [0.1, 0.15) is 24.1 Å². The van der Waals surface area contributed by atoms with Crippen LogP contribution in [0.3, 0.4) is 0 Å². The van der Waals surface area contributed by atoms with Crippen LogP contribution in [0.5, 0.6) is 0 Å². The minimum absolute atomic E-state index is 0.134. The first-order chi connectivity index (χ1) is 12.6. The first kappa shape index (κ1) is 16.5. The van der Waals surface area contributed by atoms with E-state index in [0.29, 0.717) is 19.5 Å². The van der Waals surface area contributed by atoms with Crippen LogP contribution in [0.4, 0.5) is 0 Å². The molecular formula is C19H20ClN3O2S. The van der Waals surface area contributed by atoms with Crippen molar-refractivity contribution in [2.24, 2.45) is 0 Å². The highest BCUT2D eigenvalue weighted by atomic mass is 35.5. The van der Waals surface area contributed by atoms with Crippen LogP contribution in [-0.4, -0.2) is 52.8 Å². The fourth-order valence-electron chi connectivity index (χ4n) is 4.55. The second kappa shape index (κ2) is 6.22. The van der Waals surface area contributed by atoms with Gasteiger partial charge in [-0.2, -0.15) is 0 Å². The standard InChI is InChI=1S/C19H20ClN3O2S/c20-17-12-4-1-2-6-15(12)26-16(17)9-21-11-8-14-19(25)22-7-3-5-13(22)18(24)23(14)10-11/h1-2,4,6,11,13-14,21H,3,5,7-10H2/t11-,13+,14-/m0/s1. The molecule has 2 aromatic rings. The van der Waals surface area contributed by atoms with Gasteiger partial charge in [0, 0.05) is 40.6 Å². The summed E-state index contributed by atoms with van der Waals surface area (Å²) in [4.78, 5) is 30.1. The van der Waals surface area contributed by atoms with Crippen molar-refractivity contribution in [2.75, 3.05) is 13.1 Å². The summed E-state index contributed by atoms with van der Waals surface area (Å²) in [5.74, 6) is 0.271. The second-order valence-corrected chi connectivity index (χ2v) is 8.86. The van der Waals surface area contributed by atoms with Gasteiger partial charge in [0.2, 0.25) is 11.8 Å². The summed E-state index contributed by atoms with van der Waals surface area (Å²) in [5, 5.41) is 5.42. The molecule has 3 saturated heterocycles. The molecule has 5 nitrogen and oxygen atoms in total. The fraction of sp³-hybridized carbons (Fsp3) is 0.474. The third-order valence-electron chi connectivity index (χ3n) is 5.84. The summed E-state index contributed by atoms with van der Waals surface area (Å²) in [7, 11) is 0. The SMILES string of the molecule is O=C1[C@@H]2C[C@H](NCc3sc4ccccc4c3Cl)CN2C(=O)[C@H]2CCCN12. The van der Waals surface area contributed by atoms with E-state index in [0.717, 1.165) is 34.7 Å². The van der Waals surface area contributed by atoms with Gasteiger partial charge in [-0.1, -0.05) is 29.8 Å². The number of nitrogens with one attached hydrogen (secondary N) is 1. The average molecular weight is 390 g/mol. The molecular weight excluding hydrogens is 370 g/mol. The van der Waals surface area contributed by atoms with E-state index in [1.165, 1.54) is 4.70 Å². The normalized spacial score (nSPS) is 28.1. The second-order valence-electron chi connectivity index (χ2n) is 7.34. The molecule has 7 heteroatoms. The number of benzene rings is 1. The number of nitrogens with zero attached hydrogens (tertiary/aromatic N) is 2. The van der Waals surface area contributed by atoms with E-state index >= 15 is 0 Å². The van der Waals surface area contributed by atoms with Gasteiger partial charge in [0.05, 0.1) is 5.02 Å². The number of hydrogen-bond donors (Lipinski definition) is 1. The lowest BCUT2D eigenvalue weighted by Gasteiger charge is -2.38. The van der Waals surface area contributed by atoms with Gasteiger partial charge < -0.3 is 15.1 Å². The summed E-state index contributed by atoms with van der Waals surface area (Å²) in [6.07, 6.45) is 2.44. The van der Waals surface area contributed by atoms with Crippen molar-refractivity contribution in [3.05, 3.63) is 34.2 Å². The van der Waals surface area contributed by atoms with Crippen molar-refractivity contribution in [1.29, 1.82) is 0 Å². The number of fused-ring (bicyclic) bond motifs is 3. The highest BCUT2D eigenvalue weighted by Crippen LogP contribution is 2.36. The molecule has 3 aliphatic heterocycles. The van der Waals surface area contributed by atoms with Crippen molar-refractivity contribution < 1.29 is 9.59 Å². The molecule has 1 aromatic heterocycles. The van der Waals surface area contributed by atoms with Crippen LogP contribution in [-0.2, 0) is 16.1 Å². The van der Waals surface area contributed by atoms with Gasteiger partial charge in [-0.25, -0.2) is 0 Å². The predicted octanol–water partition coefficient (Wildman–Crippen LogP) is 2.62. The molecule has 0 unspecified atom stereocenters. The summed E-state index contributed by atoms with van der Waals surface area (Å²) in [6.45, 7) is 2.01. The van der Waals surface area contributed by atoms with Crippen LogP contribution in [0, 0.1) is 0 Å². The van der Waals surface area contributed by atoms with Gasteiger partial charge in [0.15, 0.2) is 0 Å². The van der Waals surface area contributed by atoms with Gasteiger partial charge in [-0.15, -0.1) is 11.3 Å². The quantitative estimate of drug-likeness (QED) is 0.877. The first-order valence-corrected chi connectivity index (χ1v) is 10.3. The maximum absolute atomic E-state index is 12.7. The molecule has 0 spiro atoms. The predicted molar refractivity (Wildman–Crippen MR) is 102 cm³/mol. The van der Waals surface area contributed by atoms with Crippen molar-refractivity contribution >= 4 is 44.8 Å². The summed E-state index contributed by atoms with van der Waals surface area (Å²) in [5.41, 5.74) is 0. The zero-order valence-electron chi connectivity index (χ0n) is 14.3. The number of thiophene rings is 1. The molecule has 0 aliphatic carbocycles. The Bertz CT molecular complexity index is 868. The molecule has 3 aliphatic rings. The molecule has 136 valence electrons. The summed E-state index contributed by atoms with van der Waals surface area (Å²) >= 11 is 8.22. The summed E-state index contributed by atoms with van der Waals surface area (Å²) in [6, 6.07) is 7.77. The van der Waals surface area contributed by atoms with Crippen LogP contribution >= 0.6 is 22.9 Å². The van der Waals surface area contributed by atoms with Crippen LogP contribution in [0.2, 0.25) is 5.02 Å². The van der Waals surface area contributed by atoms with Crippen molar-refractivity contribution in [1.82, 2.24) is 15.1 Å². The molecule has 0 saturated carbocycles. The lowest BCUT2D eigenvalue weighted by atomic mass is 10.1. The van der Waals surface area contributed by atoms with E-state index in [9.17, 15) is 9.59 Å². The Kier molecular flexibility index (Phi) is 3.95. The lowest BCUT2D eigenvalue weighted by Crippen LogP contribution is -2.60. The highest BCUT2D eigenvalue weighted by Gasteiger charge is 2.51. The number of carbonyl (C=O) groups excluding carboxylic acids is 2. The Labute approximate surface area is 160 Å². The van der Waals surface area contributed by atoms with Crippen molar-refractivity contribution in [3.8, 4) is 0 Å². The third-order valence-corrected chi connectivity index (χ3v) is 7.56. The first-order valence-electron chi connectivity index (χ1n) is 9.14. The molecule has 2 amide bonds. The summed E-state index contributed by atoms with van der Waals surface area (Å²) < 4.78 is 1.18. The van der Waals surface area contributed by atoms with E-state index in [1.54, 1.807) is 21.1 Å². The van der Waals surface area contributed by atoms with Crippen molar-refractivity contribution in [3.63, 3.8) is 0 Å². The Hall–Kier alpha value is -1.63. The number of carbonyl (C=O) groups is 2. The van der Waals surface area contributed by atoms with Gasteiger partial charge in [0.1, 0.15) is 12.1 Å². The number of halogens is 1. The van der Waals surface area contributed by atoms with Gasteiger partial charge in [-0.05, 0) is 25.3 Å². The fourth-order valence-corrected chi connectivity index (χ4v) is 6.00. The topological polar surface area (TPSA) is 52.7 Å². The van der Waals surface area contributed by atoms with E-state index < -0.39 is 0 Å². The molecule has 4 heterocycles. The largest absolute Gasteiger partial charge is 0.329 e. The van der Waals surface area contributed by atoms with Gasteiger partial charge in [-0.3, -0.25) is 9.59 Å². The minimum atomic E-state index is -0.285. The van der Waals surface area contributed by atoms with Crippen LogP contribution in [0.25, 0.3) is 10.1 Å². The molecule has 5 rings (SSSR count). The minimum Gasteiger partial charge on any atom is -0.329 e. The van der Waals surface area contributed by atoms with E-state index in [1.807, 2.05) is 18.2 Å². The molecule has 3 atom stereocenters. The Balaban J connectivity index is 1.30. The molecule has 1 N–H and O–H groups in total. The molecule has 26 heavy (non-hydrogen) atoms. The lowest BCUT2D eigenvalue weighted by molar-refractivity contribution is -0.156. The number of amides is 2. The number of piperazine rings is 1. The Morgan fingerprint density at radius 3 is 2.81 bits per heavy atom. The molecule has 3 fully saturated rings. The van der Waals surface area contributed by atoms with Gasteiger partial charge in [0.25, 0.3) is 0 Å². The zero-order chi connectivity index (χ0) is 17.8.